The van der Waals surface area contributed by atoms with Gasteiger partial charge >= 0.3 is 0 Å². The molecule has 6 aromatic rings. The highest BCUT2D eigenvalue weighted by atomic mass is 16.5. The van der Waals surface area contributed by atoms with Crippen molar-refractivity contribution in [1.29, 1.82) is 0 Å². The fourth-order valence-electron chi connectivity index (χ4n) is 10.1. The van der Waals surface area contributed by atoms with E-state index in [9.17, 15) is 9.59 Å². The van der Waals surface area contributed by atoms with Crippen molar-refractivity contribution in [3.05, 3.63) is 71.3 Å². The van der Waals surface area contributed by atoms with E-state index in [4.69, 9.17) is 19.4 Å². The second-order valence-corrected chi connectivity index (χ2v) is 18.6. The Labute approximate surface area is 385 Å². The molecule has 4 aliphatic heterocycles. The highest BCUT2D eigenvalue weighted by molar-refractivity contribution is 5.78. The minimum atomic E-state index is 0.114. The first-order valence-corrected chi connectivity index (χ1v) is 23.1. The summed E-state index contributed by atoms with van der Waals surface area (Å²) in [5, 5.41) is 17.6. The van der Waals surface area contributed by atoms with Gasteiger partial charge in [-0.3, -0.25) is 9.59 Å². The number of likely N-dealkylation sites (tertiary alicyclic amines) is 2. The first-order valence-electron chi connectivity index (χ1n) is 23.1. The first-order chi connectivity index (χ1) is 31.8. The van der Waals surface area contributed by atoms with Gasteiger partial charge in [0.25, 0.3) is 0 Å². The highest BCUT2D eigenvalue weighted by Gasteiger charge is 2.35. The maximum absolute atomic E-state index is 12.1. The molecule has 0 aliphatic carbocycles. The van der Waals surface area contributed by atoms with Gasteiger partial charge in [-0.15, -0.1) is 0 Å². The number of anilines is 4. The first kappa shape index (κ1) is 44.8. The average molecular weight is 899 g/mol. The molecule has 0 unspecified atom stereocenters. The van der Waals surface area contributed by atoms with Gasteiger partial charge in [-0.2, -0.15) is 20.2 Å². The van der Waals surface area contributed by atoms with E-state index in [0.717, 1.165) is 110 Å². The zero-order valence-corrected chi connectivity index (χ0v) is 39.4. The molecule has 0 spiro atoms. The number of aromatic nitrogens is 8. The van der Waals surface area contributed by atoms with Crippen LogP contribution in [-0.2, 0) is 48.6 Å². The zero-order chi connectivity index (χ0) is 46.2. The summed E-state index contributed by atoms with van der Waals surface area (Å²) < 4.78 is 15.1. The van der Waals surface area contributed by atoms with E-state index in [1.165, 1.54) is 22.3 Å². The van der Waals surface area contributed by atoms with Gasteiger partial charge in [0.1, 0.15) is 11.5 Å². The third-order valence-electron chi connectivity index (χ3n) is 14.0. The summed E-state index contributed by atoms with van der Waals surface area (Å²) in [6, 6.07) is 8.75. The molecule has 348 valence electrons. The minimum absolute atomic E-state index is 0.114. The summed E-state index contributed by atoms with van der Waals surface area (Å²) in [6.07, 6.45) is 11.2. The molecule has 10 rings (SSSR count). The van der Waals surface area contributed by atoms with Crippen LogP contribution in [0.3, 0.4) is 0 Å². The summed E-state index contributed by atoms with van der Waals surface area (Å²) >= 11 is 0. The molecule has 4 aliphatic rings. The number of amides is 2. The van der Waals surface area contributed by atoms with Crippen LogP contribution in [0.1, 0.15) is 62.8 Å². The van der Waals surface area contributed by atoms with E-state index in [2.05, 4.69) is 92.8 Å². The van der Waals surface area contributed by atoms with Crippen LogP contribution >= 0.6 is 0 Å². The Morgan fingerprint density at radius 3 is 1.44 bits per heavy atom. The maximum Gasteiger partial charge on any atom is 0.229 e. The Bertz CT molecular complexity index is 2570. The van der Waals surface area contributed by atoms with Gasteiger partial charge in [-0.1, -0.05) is 13.8 Å². The predicted octanol–water partition coefficient (Wildman–Crippen LogP) is 5.65. The Hall–Kier alpha value is -6.40. The molecule has 2 amide bonds. The van der Waals surface area contributed by atoms with Crippen molar-refractivity contribution >= 4 is 57.2 Å². The van der Waals surface area contributed by atoms with Crippen LogP contribution in [0.2, 0.25) is 0 Å². The van der Waals surface area contributed by atoms with Crippen molar-refractivity contribution in [3.63, 3.8) is 0 Å². The number of carbonyl (C=O) groups is 2. The molecule has 8 heterocycles. The number of nitrogens with one attached hydrogen (secondary N) is 2. The number of ether oxygens (including phenoxy) is 2. The number of hydrogen-bond acceptors (Lipinski definition) is 14. The Balaban J connectivity index is 0.000000166. The van der Waals surface area contributed by atoms with Gasteiger partial charge < -0.3 is 39.7 Å². The molecule has 4 atom stereocenters. The van der Waals surface area contributed by atoms with Crippen molar-refractivity contribution in [2.45, 2.75) is 91.6 Å². The number of nitrogens with zero attached hydrogens (tertiary/aromatic N) is 12. The SMILES string of the molecule is COc1cc2c(cc1Nc1ncc3cnn(C[C@@H]4[C@@H](C)CCN4C(C)=O)c3n1)CN(C)CC2.COc1cc2c(cc1Nc1ncc3cnn(C[C@H]4[C@H](C)CCN4C(C)=O)c3n1)CN(C)CC2. The van der Waals surface area contributed by atoms with E-state index in [0.29, 0.717) is 36.8 Å². The summed E-state index contributed by atoms with van der Waals surface area (Å²) in [5.41, 5.74) is 8.44. The number of benzene rings is 2. The fourth-order valence-corrected chi connectivity index (χ4v) is 10.1. The highest BCUT2D eigenvalue weighted by Crippen LogP contribution is 2.35. The van der Waals surface area contributed by atoms with Crippen molar-refractivity contribution < 1.29 is 19.1 Å². The molecular formula is C48H62N14O4. The van der Waals surface area contributed by atoms with Gasteiger partial charge in [0, 0.05) is 65.5 Å². The van der Waals surface area contributed by atoms with Crippen LogP contribution in [0.5, 0.6) is 11.5 Å². The molecule has 0 radical (unpaired) electrons. The number of carbonyl (C=O) groups excluding carboxylic acids is 2. The molecule has 4 aromatic heterocycles. The zero-order valence-electron chi connectivity index (χ0n) is 39.4. The van der Waals surface area contributed by atoms with Crippen LogP contribution in [0.15, 0.2) is 49.1 Å². The van der Waals surface area contributed by atoms with Crippen molar-refractivity contribution in [1.82, 2.24) is 59.1 Å². The smallest absolute Gasteiger partial charge is 0.229 e. The lowest BCUT2D eigenvalue weighted by Gasteiger charge is -2.26. The number of fused-ring (bicyclic) bond motifs is 4. The molecule has 2 aromatic carbocycles. The molecule has 18 nitrogen and oxygen atoms in total. The third-order valence-corrected chi connectivity index (χ3v) is 14.0. The molecule has 2 saturated heterocycles. The third kappa shape index (κ3) is 9.20. The van der Waals surface area contributed by atoms with Crippen LogP contribution in [0.4, 0.5) is 23.3 Å². The van der Waals surface area contributed by atoms with E-state index in [1.54, 1.807) is 52.9 Å². The van der Waals surface area contributed by atoms with E-state index in [1.807, 2.05) is 19.2 Å². The Morgan fingerprint density at radius 1 is 0.621 bits per heavy atom. The number of likely N-dealkylation sites (N-methyl/N-ethyl adjacent to an activating group) is 2. The fraction of sp³-hybridized carbons (Fsp3) is 0.500. The van der Waals surface area contributed by atoms with Gasteiger partial charge in [0.15, 0.2) is 11.3 Å². The lowest BCUT2D eigenvalue weighted by Crippen LogP contribution is -2.39. The van der Waals surface area contributed by atoms with Gasteiger partial charge in [-0.25, -0.2) is 19.3 Å². The molecule has 66 heavy (non-hydrogen) atoms. The second kappa shape index (κ2) is 18.8. The Kier molecular flexibility index (Phi) is 12.8. The quantitative estimate of drug-likeness (QED) is 0.173. The molecular weight excluding hydrogens is 837 g/mol. The molecule has 2 N–H and O–H groups in total. The number of methoxy groups -OCH3 is 2. The maximum atomic E-state index is 12.1. The number of rotatable bonds is 10. The summed E-state index contributed by atoms with van der Waals surface area (Å²) in [5.74, 6) is 3.63. The standard InChI is InChI=1S/2C24H31N7O2/c2*1-15-5-8-30(16(2)32)21(15)14-31-23-19(12-26-31)11-25-24(28-23)27-20-9-18-13-29(3)7-6-17(18)10-22(20)33-4/h2*9-12,15,21H,5-8,13-14H2,1-4H3,(H,25,27,28)/t2*15-,21+/m10/s1. The van der Waals surface area contributed by atoms with Gasteiger partial charge in [0.05, 0.1) is 73.9 Å². The van der Waals surface area contributed by atoms with E-state index >= 15 is 0 Å². The molecule has 0 bridgehead atoms. The topological polar surface area (TPSA) is 177 Å². The normalized spacial score (nSPS) is 20.8. The van der Waals surface area contributed by atoms with Gasteiger partial charge in [-0.05, 0) is 98.1 Å². The summed E-state index contributed by atoms with van der Waals surface area (Å²) in [7, 11) is 7.64. The summed E-state index contributed by atoms with van der Waals surface area (Å²) in [4.78, 5) is 51.3. The van der Waals surface area contributed by atoms with Crippen LogP contribution in [0, 0.1) is 11.8 Å². The second-order valence-electron chi connectivity index (χ2n) is 18.6. The van der Waals surface area contributed by atoms with Crippen molar-refractivity contribution in [3.8, 4) is 11.5 Å². The van der Waals surface area contributed by atoms with Crippen molar-refractivity contribution in [2.75, 3.05) is 65.1 Å². The van der Waals surface area contributed by atoms with Crippen molar-refractivity contribution in [2.24, 2.45) is 11.8 Å². The Morgan fingerprint density at radius 2 is 1.05 bits per heavy atom. The van der Waals surface area contributed by atoms with E-state index in [-0.39, 0.29) is 23.9 Å². The number of hydrogen-bond donors (Lipinski definition) is 2. The average Bonchev–Trinajstić information content (AvgIpc) is 4.09. The van der Waals surface area contributed by atoms with Crippen LogP contribution in [-0.4, -0.2) is 137 Å². The van der Waals surface area contributed by atoms with Crippen LogP contribution in [0.25, 0.3) is 22.1 Å². The summed E-state index contributed by atoms with van der Waals surface area (Å²) in [6.45, 7) is 14.4. The molecule has 18 heteroatoms. The predicted molar refractivity (Wildman–Crippen MR) is 253 cm³/mol. The monoisotopic (exact) mass is 899 g/mol. The lowest BCUT2D eigenvalue weighted by atomic mass is 9.99. The van der Waals surface area contributed by atoms with Crippen LogP contribution < -0.4 is 20.1 Å². The molecule has 0 saturated carbocycles. The molecule has 2 fully saturated rings. The largest absolute Gasteiger partial charge is 0.495 e. The lowest BCUT2D eigenvalue weighted by molar-refractivity contribution is -0.131. The minimum Gasteiger partial charge on any atom is -0.495 e. The van der Waals surface area contributed by atoms with Gasteiger partial charge in [0.2, 0.25) is 23.7 Å². The van der Waals surface area contributed by atoms with E-state index < -0.39 is 0 Å².